The average molecular weight is 253 g/mol. The molecular weight excluding hydrogens is 230 g/mol. The molecule has 3 N–H and O–H groups in total. The summed E-state index contributed by atoms with van der Waals surface area (Å²) in [6.45, 7) is 6.06. The summed E-state index contributed by atoms with van der Waals surface area (Å²) in [7, 11) is 0. The average Bonchev–Trinajstić information content (AvgIpc) is 2.33. The maximum atomic E-state index is 9.92. The third-order valence-electron chi connectivity index (χ3n) is 3.14. The highest BCUT2D eigenvalue weighted by Crippen LogP contribution is 2.23. The van der Waals surface area contributed by atoms with Crippen LogP contribution in [-0.2, 0) is 6.54 Å². The van der Waals surface area contributed by atoms with Gasteiger partial charge in [0.2, 0.25) is 0 Å². The van der Waals surface area contributed by atoms with Crippen molar-refractivity contribution in [2.45, 2.75) is 26.8 Å². The topological polar surface area (TPSA) is 63.9 Å². The lowest BCUT2D eigenvalue weighted by Gasteiger charge is -2.22. The molecule has 0 amide bonds. The lowest BCUT2D eigenvalue weighted by molar-refractivity contribution is 0.173. The molecule has 0 aromatic heterocycles. The molecule has 0 aliphatic carbocycles. The van der Waals surface area contributed by atoms with Crippen LogP contribution in [0.25, 0.3) is 0 Å². The number of hydrogen-bond acceptors (Lipinski definition) is 4. The predicted molar refractivity (Wildman–Crippen MR) is 71.6 cm³/mol. The van der Waals surface area contributed by atoms with Gasteiger partial charge in [-0.3, -0.25) is 4.90 Å². The zero-order chi connectivity index (χ0) is 13.5. The van der Waals surface area contributed by atoms with Gasteiger partial charge in [-0.05, 0) is 37.5 Å². The first kappa shape index (κ1) is 15.0. The highest BCUT2D eigenvalue weighted by molar-refractivity contribution is 5.40. The normalized spacial score (nSPS) is 11.2. The first-order valence-electron chi connectivity index (χ1n) is 6.31. The summed E-state index contributed by atoms with van der Waals surface area (Å²) < 4.78 is 0. The van der Waals surface area contributed by atoms with E-state index in [0.717, 1.165) is 16.7 Å². The van der Waals surface area contributed by atoms with Gasteiger partial charge in [-0.25, -0.2) is 0 Å². The van der Waals surface area contributed by atoms with Crippen molar-refractivity contribution >= 4 is 0 Å². The first-order valence-corrected chi connectivity index (χ1v) is 6.31. The second-order valence-corrected chi connectivity index (χ2v) is 4.64. The van der Waals surface area contributed by atoms with Gasteiger partial charge in [0, 0.05) is 31.8 Å². The van der Waals surface area contributed by atoms with Crippen LogP contribution in [0.4, 0.5) is 0 Å². The molecule has 18 heavy (non-hydrogen) atoms. The van der Waals surface area contributed by atoms with Crippen LogP contribution in [0, 0.1) is 13.8 Å². The van der Waals surface area contributed by atoms with Gasteiger partial charge in [-0.1, -0.05) is 6.07 Å². The zero-order valence-electron chi connectivity index (χ0n) is 11.2. The molecule has 0 aliphatic rings. The minimum absolute atomic E-state index is 0.0804. The quantitative estimate of drug-likeness (QED) is 0.683. The van der Waals surface area contributed by atoms with Gasteiger partial charge in [0.05, 0.1) is 6.61 Å². The van der Waals surface area contributed by atoms with Crippen molar-refractivity contribution in [2.75, 3.05) is 26.3 Å². The minimum atomic E-state index is 0.0804. The lowest BCUT2D eigenvalue weighted by Crippen LogP contribution is -2.28. The van der Waals surface area contributed by atoms with Gasteiger partial charge in [0.15, 0.2) is 0 Å². The van der Waals surface area contributed by atoms with Gasteiger partial charge in [-0.2, -0.15) is 0 Å². The third kappa shape index (κ3) is 4.29. The number of hydrogen-bond donors (Lipinski definition) is 3. The maximum absolute atomic E-state index is 9.92. The Balaban J connectivity index is 2.76. The van der Waals surface area contributed by atoms with E-state index in [0.29, 0.717) is 31.8 Å². The van der Waals surface area contributed by atoms with Crippen LogP contribution in [0.5, 0.6) is 5.75 Å². The van der Waals surface area contributed by atoms with E-state index >= 15 is 0 Å². The van der Waals surface area contributed by atoms with Crippen molar-refractivity contribution < 1.29 is 15.3 Å². The van der Waals surface area contributed by atoms with Crippen molar-refractivity contribution in [3.05, 3.63) is 28.8 Å². The van der Waals surface area contributed by atoms with Crippen LogP contribution in [-0.4, -0.2) is 46.5 Å². The van der Waals surface area contributed by atoms with Crippen LogP contribution in [0.3, 0.4) is 0 Å². The molecule has 102 valence electrons. The van der Waals surface area contributed by atoms with Gasteiger partial charge in [0.1, 0.15) is 5.75 Å². The number of aromatic hydroxyl groups is 1. The molecule has 0 aliphatic heterocycles. The second kappa shape index (κ2) is 7.36. The summed E-state index contributed by atoms with van der Waals surface area (Å²) in [6, 6.07) is 3.75. The Morgan fingerprint density at radius 1 is 1.00 bits per heavy atom. The molecule has 0 saturated heterocycles. The van der Waals surface area contributed by atoms with Gasteiger partial charge < -0.3 is 15.3 Å². The third-order valence-corrected chi connectivity index (χ3v) is 3.14. The van der Waals surface area contributed by atoms with Crippen molar-refractivity contribution in [1.29, 1.82) is 0 Å². The lowest BCUT2D eigenvalue weighted by atomic mass is 10.0. The van der Waals surface area contributed by atoms with E-state index in [9.17, 15) is 5.11 Å². The van der Waals surface area contributed by atoms with Crippen LogP contribution >= 0.6 is 0 Å². The molecule has 0 saturated carbocycles. The van der Waals surface area contributed by atoms with Crippen LogP contribution in [0.1, 0.15) is 23.1 Å². The Morgan fingerprint density at radius 2 is 1.67 bits per heavy atom. The number of aliphatic hydroxyl groups excluding tert-OH is 2. The van der Waals surface area contributed by atoms with E-state index in [1.165, 1.54) is 0 Å². The van der Waals surface area contributed by atoms with E-state index in [1.54, 1.807) is 6.07 Å². The second-order valence-electron chi connectivity index (χ2n) is 4.64. The molecule has 4 heteroatoms. The Kier molecular flexibility index (Phi) is 6.12. The molecule has 0 spiro atoms. The van der Waals surface area contributed by atoms with Crippen LogP contribution < -0.4 is 0 Å². The Hall–Kier alpha value is -1.10. The summed E-state index contributed by atoms with van der Waals surface area (Å²) in [5.74, 6) is 0.296. The summed E-state index contributed by atoms with van der Waals surface area (Å²) >= 11 is 0. The summed E-state index contributed by atoms with van der Waals surface area (Å²) in [5.41, 5.74) is 3.08. The number of benzene rings is 1. The number of phenols is 1. The highest BCUT2D eigenvalue weighted by atomic mass is 16.3. The molecule has 1 rings (SSSR count). The molecule has 0 bridgehead atoms. The van der Waals surface area contributed by atoms with Crippen LogP contribution in [0.15, 0.2) is 12.1 Å². The molecule has 1 aromatic rings. The monoisotopic (exact) mass is 253 g/mol. The number of aryl methyl sites for hydroxylation is 2. The molecular formula is C14H23NO3. The van der Waals surface area contributed by atoms with E-state index < -0.39 is 0 Å². The van der Waals surface area contributed by atoms with E-state index in [1.807, 2.05) is 24.8 Å². The largest absolute Gasteiger partial charge is 0.508 e. The first-order chi connectivity index (χ1) is 8.58. The van der Waals surface area contributed by atoms with E-state index in [4.69, 9.17) is 10.2 Å². The molecule has 4 nitrogen and oxygen atoms in total. The summed E-state index contributed by atoms with van der Waals surface area (Å²) in [4.78, 5) is 2.03. The van der Waals surface area contributed by atoms with E-state index in [2.05, 4.69) is 0 Å². The number of rotatable bonds is 7. The number of nitrogens with zero attached hydrogens (tertiary/aromatic N) is 1. The molecule has 0 fully saturated rings. The molecule has 1 aromatic carbocycles. The fraction of sp³-hybridized carbons (Fsp3) is 0.571. The number of aliphatic hydroxyl groups is 2. The van der Waals surface area contributed by atoms with Crippen molar-refractivity contribution in [3.8, 4) is 5.75 Å². The molecule has 0 unspecified atom stereocenters. The fourth-order valence-electron chi connectivity index (χ4n) is 1.93. The van der Waals surface area contributed by atoms with Gasteiger partial charge >= 0.3 is 0 Å². The Bertz CT molecular complexity index is 380. The van der Waals surface area contributed by atoms with Gasteiger partial charge in [0.25, 0.3) is 0 Å². The zero-order valence-corrected chi connectivity index (χ0v) is 11.2. The summed E-state index contributed by atoms with van der Waals surface area (Å²) in [6.07, 6.45) is 0.672. The van der Waals surface area contributed by atoms with Gasteiger partial charge in [-0.15, -0.1) is 0 Å². The summed E-state index contributed by atoms with van der Waals surface area (Å²) in [5, 5.41) is 27.8. The smallest absolute Gasteiger partial charge is 0.120 e. The maximum Gasteiger partial charge on any atom is 0.120 e. The van der Waals surface area contributed by atoms with Crippen molar-refractivity contribution in [2.24, 2.45) is 0 Å². The molecule has 0 heterocycles. The standard InChI is InChI=1S/C14H23NO3/c1-11-8-13(14(18)9-12(11)2)10-15(5-7-17)4-3-6-16/h8-9,16-18H,3-7,10H2,1-2H3. The SMILES string of the molecule is Cc1cc(O)c(CN(CCO)CCCO)cc1C. The Labute approximate surface area is 108 Å². The fourth-order valence-corrected chi connectivity index (χ4v) is 1.93. The Morgan fingerprint density at radius 3 is 2.28 bits per heavy atom. The van der Waals surface area contributed by atoms with Crippen LogP contribution in [0.2, 0.25) is 0 Å². The molecule has 0 atom stereocenters. The molecule has 0 radical (unpaired) electrons. The number of phenolic OH excluding ortho intramolecular Hbond substituents is 1. The van der Waals surface area contributed by atoms with Crippen molar-refractivity contribution in [1.82, 2.24) is 4.90 Å². The predicted octanol–water partition coefficient (Wildman–Crippen LogP) is 1.19. The van der Waals surface area contributed by atoms with E-state index in [-0.39, 0.29) is 13.2 Å². The van der Waals surface area contributed by atoms with Crippen molar-refractivity contribution in [3.63, 3.8) is 0 Å². The highest BCUT2D eigenvalue weighted by Gasteiger charge is 2.10. The minimum Gasteiger partial charge on any atom is -0.508 e.